The van der Waals surface area contributed by atoms with E-state index in [9.17, 15) is 0 Å². The Labute approximate surface area is 334 Å². The fraction of sp³-hybridized carbons (Fsp3) is 0.200. The molecule has 54 heavy (non-hydrogen) atoms. The summed E-state index contributed by atoms with van der Waals surface area (Å²) in [5.41, 5.74) is 10.2. The summed E-state index contributed by atoms with van der Waals surface area (Å²) in [5, 5.41) is 17.0. The number of alkyl halides is 2. The summed E-state index contributed by atoms with van der Waals surface area (Å²) in [6.45, 7) is 12.4. The Balaban J connectivity index is 0.000000246. The van der Waals surface area contributed by atoms with Gasteiger partial charge in [-0.3, -0.25) is 0 Å². The lowest BCUT2D eigenvalue weighted by atomic mass is 9.88. The van der Waals surface area contributed by atoms with Crippen molar-refractivity contribution in [3.05, 3.63) is 157 Å². The van der Waals surface area contributed by atoms with Crippen molar-refractivity contribution in [3.63, 3.8) is 0 Å². The first-order valence-corrected chi connectivity index (χ1v) is 20.2. The third-order valence-corrected chi connectivity index (χ3v) is 9.17. The van der Waals surface area contributed by atoms with E-state index in [1.165, 1.54) is 89.2 Å². The standard InChI is InChI=1S/C22H20N2.C22H18.2C2H6.2CH3Cl/c1-23-19-13-11-15-7-3-5-9-17(15)21(19)22-18-10-6-4-8-16(18)12-14-20(22)24-2;1-15-11-13-17-7-3-5-9-19(17)21(15)22-16(2)12-14-18-8-4-6-10-20(18)22;4*1-2/h3-14,23-24H,1-2H3;3-14H,1-2H3;2*1-2H3;2*1H3. The summed E-state index contributed by atoms with van der Waals surface area (Å²) in [5.74, 6) is 0. The van der Waals surface area contributed by atoms with Crippen LogP contribution in [0.5, 0.6) is 0 Å². The van der Waals surface area contributed by atoms with Crippen LogP contribution in [0.25, 0.3) is 65.3 Å². The molecule has 0 aliphatic heterocycles. The molecule has 4 heteroatoms. The zero-order valence-corrected chi connectivity index (χ0v) is 35.1. The molecule has 0 saturated heterocycles. The molecule has 280 valence electrons. The van der Waals surface area contributed by atoms with Gasteiger partial charge in [0.05, 0.1) is 0 Å². The fourth-order valence-electron chi connectivity index (χ4n) is 6.92. The molecule has 0 spiro atoms. The van der Waals surface area contributed by atoms with Crippen molar-refractivity contribution in [1.82, 2.24) is 0 Å². The maximum absolute atomic E-state index is 4.64. The van der Waals surface area contributed by atoms with Gasteiger partial charge in [0.1, 0.15) is 0 Å². The topological polar surface area (TPSA) is 24.1 Å². The Morgan fingerprint density at radius 3 is 0.833 bits per heavy atom. The summed E-state index contributed by atoms with van der Waals surface area (Å²) in [7, 11) is 3.97. The molecule has 0 aliphatic carbocycles. The summed E-state index contributed by atoms with van der Waals surface area (Å²) in [6, 6.07) is 52.1. The third-order valence-electron chi connectivity index (χ3n) is 9.17. The second-order valence-corrected chi connectivity index (χ2v) is 11.9. The van der Waals surface area contributed by atoms with E-state index in [-0.39, 0.29) is 0 Å². The van der Waals surface area contributed by atoms with E-state index in [1.807, 2.05) is 41.8 Å². The first-order chi connectivity index (χ1) is 26.6. The van der Waals surface area contributed by atoms with E-state index in [0.717, 1.165) is 11.4 Å². The summed E-state index contributed by atoms with van der Waals surface area (Å²) < 4.78 is 0. The molecule has 0 unspecified atom stereocenters. The second-order valence-electron chi connectivity index (χ2n) is 11.9. The molecule has 0 atom stereocenters. The molecule has 0 radical (unpaired) electrons. The van der Waals surface area contributed by atoms with E-state index in [0.29, 0.717) is 0 Å². The lowest BCUT2D eigenvalue weighted by molar-refractivity contribution is 1.45. The highest BCUT2D eigenvalue weighted by Gasteiger charge is 2.16. The smallest absolute Gasteiger partial charge is 0.0424 e. The summed E-state index contributed by atoms with van der Waals surface area (Å²) in [6.07, 6.45) is 2.94. The highest BCUT2D eigenvalue weighted by molar-refractivity contribution is 6.15. The van der Waals surface area contributed by atoms with Gasteiger partial charge < -0.3 is 10.6 Å². The number of rotatable bonds is 4. The predicted molar refractivity (Wildman–Crippen MR) is 249 cm³/mol. The van der Waals surface area contributed by atoms with Crippen LogP contribution in [0.4, 0.5) is 11.4 Å². The third kappa shape index (κ3) is 9.37. The van der Waals surface area contributed by atoms with Crippen LogP contribution in [0.3, 0.4) is 0 Å². The van der Waals surface area contributed by atoms with Gasteiger partial charge in [-0.05, 0) is 91.3 Å². The van der Waals surface area contributed by atoms with Crippen molar-refractivity contribution in [2.45, 2.75) is 41.5 Å². The number of nitrogens with one attached hydrogen (secondary N) is 2. The number of hydrogen-bond acceptors (Lipinski definition) is 2. The molecular formula is C50H56Cl2N2. The van der Waals surface area contributed by atoms with Crippen LogP contribution in [0.1, 0.15) is 38.8 Å². The van der Waals surface area contributed by atoms with Crippen LogP contribution in [-0.4, -0.2) is 26.9 Å². The number of hydrogen-bond donors (Lipinski definition) is 2. The van der Waals surface area contributed by atoms with Gasteiger partial charge in [-0.15, -0.1) is 23.2 Å². The Hall–Kier alpha value is -5.02. The Bertz CT molecular complexity index is 2210. The molecule has 8 aromatic carbocycles. The fourth-order valence-corrected chi connectivity index (χ4v) is 6.92. The van der Waals surface area contributed by atoms with E-state index < -0.39 is 0 Å². The van der Waals surface area contributed by atoms with Crippen LogP contribution < -0.4 is 10.6 Å². The molecule has 0 heterocycles. The van der Waals surface area contributed by atoms with Gasteiger partial charge in [0.15, 0.2) is 0 Å². The minimum atomic E-state index is 1.14. The molecule has 0 amide bonds. The van der Waals surface area contributed by atoms with Crippen molar-refractivity contribution in [2.75, 3.05) is 37.5 Å². The van der Waals surface area contributed by atoms with Crippen molar-refractivity contribution in [2.24, 2.45) is 0 Å². The molecule has 0 fully saturated rings. The highest BCUT2D eigenvalue weighted by atomic mass is 35.5. The SMILES string of the molecule is CC.CC.CCl.CCl.CNc1ccc2ccccc2c1-c1c(NC)ccc2ccccc12.Cc1ccc2ccccc2c1-c1c(C)ccc2ccccc12. The Kier molecular flexibility index (Phi) is 17.9. The minimum Gasteiger partial charge on any atom is -0.388 e. The monoisotopic (exact) mass is 754 g/mol. The number of benzene rings is 8. The minimum absolute atomic E-state index is 1.14. The van der Waals surface area contributed by atoms with Gasteiger partial charge in [-0.25, -0.2) is 0 Å². The van der Waals surface area contributed by atoms with Gasteiger partial charge in [0.25, 0.3) is 0 Å². The van der Waals surface area contributed by atoms with Crippen molar-refractivity contribution < 1.29 is 0 Å². The molecule has 0 saturated carbocycles. The molecule has 8 rings (SSSR count). The van der Waals surface area contributed by atoms with Gasteiger partial charge in [-0.2, -0.15) is 0 Å². The number of aryl methyl sites for hydroxylation is 2. The van der Waals surface area contributed by atoms with Crippen LogP contribution >= 0.6 is 23.2 Å². The van der Waals surface area contributed by atoms with Crippen LogP contribution in [0.15, 0.2) is 146 Å². The van der Waals surface area contributed by atoms with Gasteiger partial charge in [0.2, 0.25) is 0 Å². The molecule has 0 bridgehead atoms. The lowest BCUT2D eigenvalue weighted by Gasteiger charge is -2.18. The average molecular weight is 756 g/mol. The number of anilines is 2. The van der Waals surface area contributed by atoms with E-state index in [1.54, 1.807) is 0 Å². The van der Waals surface area contributed by atoms with Gasteiger partial charge in [0, 0.05) is 49.4 Å². The van der Waals surface area contributed by atoms with Gasteiger partial charge in [-0.1, -0.05) is 161 Å². The quantitative estimate of drug-likeness (QED) is 0.175. The zero-order chi connectivity index (χ0) is 39.6. The molecule has 0 aliphatic rings. The molecule has 2 nitrogen and oxygen atoms in total. The van der Waals surface area contributed by atoms with Crippen molar-refractivity contribution in [1.29, 1.82) is 0 Å². The van der Waals surface area contributed by atoms with E-state index >= 15 is 0 Å². The summed E-state index contributed by atoms with van der Waals surface area (Å²) >= 11 is 9.28. The van der Waals surface area contributed by atoms with Crippen LogP contribution in [0, 0.1) is 13.8 Å². The maximum Gasteiger partial charge on any atom is 0.0424 e. The second kappa shape index (κ2) is 22.3. The van der Waals surface area contributed by atoms with Crippen LogP contribution in [0.2, 0.25) is 0 Å². The van der Waals surface area contributed by atoms with Crippen molar-refractivity contribution in [3.8, 4) is 22.3 Å². The molecule has 8 aromatic rings. The van der Waals surface area contributed by atoms with Crippen LogP contribution in [-0.2, 0) is 0 Å². The highest BCUT2D eigenvalue weighted by Crippen LogP contribution is 2.43. The Morgan fingerprint density at radius 2 is 0.556 bits per heavy atom. The average Bonchev–Trinajstić information content (AvgIpc) is 3.26. The number of halogens is 2. The predicted octanol–water partition coefficient (Wildman–Crippen LogP) is 15.8. The Morgan fingerprint density at radius 1 is 0.315 bits per heavy atom. The van der Waals surface area contributed by atoms with E-state index in [4.69, 9.17) is 0 Å². The lowest BCUT2D eigenvalue weighted by Crippen LogP contribution is -1.98. The van der Waals surface area contributed by atoms with Crippen molar-refractivity contribution >= 4 is 77.7 Å². The molecule has 0 aromatic heterocycles. The first kappa shape index (κ1) is 43.4. The normalized spacial score (nSPS) is 9.85. The zero-order valence-electron chi connectivity index (χ0n) is 33.6. The summed E-state index contributed by atoms with van der Waals surface area (Å²) in [4.78, 5) is 0. The molecular weight excluding hydrogens is 699 g/mol. The first-order valence-electron chi connectivity index (χ1n) is 18.7. The maximum atomic E-state index is 4.64. The van der Waals surface area contributed by atoms with Gasteiger partial charge >= 0.3 is 0 Å². The van der Waals surface area contributed by atoms with E-state index in [2.05, 4.69) is 193 Å². The largest absolute Gasteiger partial charge is 0.388 e. The number of fused-ring (bicyclic) bond motifs is 4. The molecule has 2 N–H and O–H groups in total.